The van der Waals surface area contributed by atoms with Crippen LogP contribution in [0.5, 0.6) is 0 Å². The molecule has 0 aromatic rings. The first-order valence-electron chi connectivity index (χ1n) is 4.81. The molecule has 14 heavy (non-hydrogen) atoms. The highest BCUT2D eigenvalue weighted by atomic mass is 32.2. The molecule has 0 bridgehead atoms. The van der Waals surface area contributed by atoms with Crippen molar-refractivity contribution in [2.24, 2.45) is 5.92 Å². The summed E-state index contributed by atoms with van der Waals surface area (Å²) in [6.07, 6.45) is 1.05. The Balaban J connectivity index is 2.21. The van der Waals surface area contributed by atoms with E-state index < -0.39 is 10.0 Å². The van der Waals surface area contributed by atoms with Gasteiger partial charge in [0.15, 0.2) is 0 Å². The monoisotopic (exact) mass is 222 g/mol. The van der Waals surface area contributed by atoms with Gasteiger partial charge >= 0.3 is 0 Å². The number of sulfonamides is 1. The summed E-state index contributed by atoms with van der Waals surface area (Å²) in [4.78, 5) is 0. The van der Waals surface area contributed by atoms with Crippen molar-refractivity contribution in [3.8, 4) is 0 Å². The predicted molar refractivity (Wildman–Crippen MR) is 54.6 cm³/mol. The normalized spacial score (nSPS) is 22.8. The van der Waals surface area contributed by atoms with Crippen molar-refractivity contribution in [1.29, 1.82) is 0 Å². The molecule has 1 fully saturated rings. The van der Waals surface area contributed by atoms with Gasteiger partial charge in [-0.1, -0.05) is 0 Å². The van der Waals surface area contributed by atoms with Crippen LogP contribution in [0.3, 0.4) is 0 Å². The second kappa shape index (κ2) is 5.65. The van der Waals surface area contributed by atoms with Gasteiger partial charge in [-0.15, -0.1) is 0 Å². The molecule has 1 unspecified atom stereocenters. The van der Waals surface area contributed by atoms with Crippen LogP contribution in [0.15, 0.2) is 0 Å². The number of methoxy groups -OCH3 is 1. The Morgan fingerprint density at radius 3 is 2.93 bits per heavy atom. The molecule has 1 saturated heterocycles. The fraction of sp³-hybridized carbons (Fsp3) is 1.00. The van der Waals surface area contributed by atoms with Crippen LogP contribution in [0.4, 0.5) is 0 Å². The average molecular weight is 222 g/mol. The van der Waals surface area contributed by atoms with Crippen molar-refractivity contribution in [2.75, 3.05) is 39.1 Å². The summed E-state index contributed by atoms with van der Waals surface area (Å²) in [7, 11) is -1.64. The number of rotatable bonds is 6. The van der Waals surface area contributed by atoms with Gasteiger partial charge in [0.1, 0.15) is 0 Å². The van der Waals surface area contributed by atoms with Crippen LogP contribution >= 0.6 is 0 Å². The Hall–Kier alpha value is -0.170. The van der Waals surface area contributed by atoms with Gasteiger partial charge in [0.2, 0.25) is 10.0 Å². The molecule has 1 heterocycles. The minimum atomic E-state index is -3.13. The lowest BCUT2D eigenvalue weighted by molar-refractivity contribution is 0.217. The Morgan fingerprint density at radius 1 is 1.57 bits per heavy atom. The van der Waals surface area contributed by atoms with E-state index in [0.29, 0.717) is 12.5 Å². The molecule has 0 amide bonds. The van der Waals surface area contributed by atoms with Crippen LogP contribution in [0.25, 0.3) is 0 Å². The molecular formula is C8H18N2O3S. The highest BCUT2D eigenvalue weighted by molar-refractivity contribution is 7.89. The second-order valence-corrected chi connectivity index (χ2v) is 5.45. The second-order valence-electron chi connectivity index (χ2n) is 3.52. The maximum Gasteiger partial charge on any atom is 0.213 e. The van der Waals surface area contributed by atoms with Gasteiger partial charge in [-0.2, -0.15) is 0 Å². The van der Waals surface area contributed by atoms with Gasteiger partial charge in [0.25, 0.3) is 0 Å². The van der Waals surface area contributed by atoms with Crippen LogP contribution in [0.2, 0.25) is 0 Å². The number of nitrogens with one attached hydrogen (secondary N) is 2. The van der Waals surface area contributed by atoms with E-state index in [4.69, 9.17) is 4.74 Å². The summed E-state index contributed by atoms with van der Waals surface area (Å²) in [6.45, 7) is 2.69. The third-order valence-corrected chi connectivity index (χ3v) is 3.62. The minimum absolute atomic E-state index is 0.0453. The molecule has 1 aliphatic rings. The zero-order chi connectivity index (χ0) is 10.4. The summed E-state index contributed by atoms with van der Waals surface area (Å²) in [5.41, 5.74) is 0. The number of hydrogen-bond acceptors (Lipinski definition) is 4. The van der Waals surface area contributed by atoms with Gasteiger partial charge in [-0.05, 0) is 25.4 Å². The smallest absolute Gasteiger partial charge is 0.213 e. The third-order valence-electron chi connectivity index (χ3n) is 2.31. The van der Waals surface area contributed by atoms with Crippen molar-refractivity contribution in [1.82, 2.24) is 10.0 Å². The molecule has 0 aromatic carbocycles. The summed E-state index contributed by atoms with van der Waals surface area (Å²) < 4.78 is 30.0. The maximum atomic E-state index is 11.3. The third kappa shape index (κ3) is 4.36. The zero-order valence-corrected chi connectivity index (χ0v) is 9.27. The molecule has 0 aliphatic carbocycles. The SMILES string of the molecule is COCCS(=O)(=O)NCC1CCNC1. The van der Waals surface area contributed by atoms with Crippen LogP contribution in [0, 0.1) is 5.92 Å². The highest BCUT2D eigenvalue weighted by Gasteiger charge is 2.17. The van der Waals surface area contributed by atoms with Gasteiger partial charge in [0, 0.05) is 13.7 Å². The largest absolute Gasteiger partial charge is 0.384 e. The van der Waals surface area contributed by atoms with Crippen LogP contribution < -0.4 is 10.0 Å². The lowest BCUT2D eigenvalue weighted by Gasteiger charge is -2.10. The van der Waals surface area contributed by atoms with Crippen LogP contribution in [-0.4, -0.2) is 47.5 Å². The minimum Gasteiger partial charge on any atom is -0.384 e. The molecule has 5 nitrogen and oxygen atoms in total. The standard InChI is InChI=1S/C8H18N2O3S/c1-13-4-5-14(11,12)10-7-8-2-3-9-6-8/h8-10H,2-7H2,1H3. The fourth-order valence-corrected chi connectivity index (χ4v) is 2.42. The number of ether oxygens (including phenoxy) is 1. The first-order valence-corrected chi connectivity index (χ1v) is 6.46. The topological polar surface area (TPSA) is 67.4 Å². The van der Waals surface area contributed by atoms with E-state index >= 15 is 0 Å². The Labute approximate surface area is 85.3 Å². The molecule has 1 rings (SSSR count). The Kier molecular flexibility index (Phi) is 4.80. The molecule has 1 atom stereocenters. The lowest BCUT2D eigenvalue weighted by Crippen LogP contribution is -2.33. The van der Waals surface area contributed by atoms with Crippen molar-refractivity contribution >= 4 is 10.0 Å². The summed E-state index contributed by atoms with van der Waals surface area (Å²) in [5, 5.41) is 3.19. The average Bonchev–Trinajstić information content (AvgIpc) is 2.64. The van der Waals surface area contributed by atoms with E-state index in [1.54, 1.807) is 0 Å². The molecule has 2 N–H and O–H groups in total. The van der Waals surface area contributed by atoms with E-state index in [9.17, 15) is 8.42 Å². The molecule has 6 heteroatoms. The maximum absolute atomic E-state index is 11.3. The van der Waals surface area contributed by atoms with Gasteiger partial charge in [-0.25, -0.2) is 13.1 Å². The van der Waals surface area contributed by atoms with E-state index in [-0.39, 0.29) is 12.4 Å². The number of hydrogen-bond donors (Lipinski definition) is 2. The van der Waals surface area contributed by atoms with Gasteiger partial charge in [-0.3, -0.25) is 0 Å². The van der Waals surface area contributed by atoms with Crippen molar-refractivity contribution in [3.63, 3.8) is 0 Å². The molecule has 0 spiro atoms. The van der Waals surface area contributed by atoms with E-state index in [0.717, 1.165) is 19.5 Å². The predicted octanol–water partition coefficient (Wildman–Crippen LogP) is -0.838. The molecule has 0 saturated carbocycles. The summed E-state index contributed by atoms with van der Waals surface area (Å²) in [6, 6.07) is 0. The van der Waals surface area contributed by atoms with E-state index in [2.05, 4.69) is 10.0 Å². The van der Waals surface area contributed by atoms with E-state index in [1.807, 2.05) is 0 Å². The van der Waals surface area contributed by atoms with Crippen LogP contribution in [0.1, 0.15) is 6.42 Å². The molecule has 0 radical (unpaired) electrons. The van der Waals surface area contributed by atoms with Crippen molar-refractivity contribution in [2.45, 2.75) is 6.42 Å². The summed E-state index contributed by atoms with van der Waals surface area (Å²) in [5.74, 6) is 0.483. The molecule has 84 valence electrons. The zero-order valence-electron chi connectivity index (χ0n) is 8.45. The molecule has 1 aliphatic heterocycles. The summed E-state index contributed by atoms with van der Waals surface area (Å²) >= 11 is 0. The first-order chi connectivity index (χ1) is 6.64. The van der Waals surface area contributed by atoms with Gasteiger partial charge in [0.05, 0.1) is 12.4 Å². The quantitative estimate of drug-likeness (QED) is 0.615. The van der Waals surface area contributed by atoms with Crippen LogP contribution in [-0.2, 0) is 14.8 Å². The first kappa shape index (κ1) is 11.9. The van der Waals surface area contributed by atoms with Gasteiger partial charge < -0.3 is 10.1 Å². The highest BCUT2D eigenvalue weighted by Crippen LogP contribution is 2.05. The van der Waals surface area contributed by atoms with Crippen molar-refractivity contribution in [3.05, 3.63) is 0 Å². The molecular weight excluding hydrogens is 204 g/mol. The van der Waals surface area contributed by atoms with E-state index in [1.165, 1.54) is 7.11 Å². The lowest BCUT2D eigenvalue weighted by atomic mass is 10.1. The fourth-order valence-electron chi connectivity index (χ4n) is 1.40. The van der Waals surface area contributed by atoms with Crippen molar-refractivity contribution < 1.29 is 13.2 Å². The Morgan fingerprint density at radius 2 is 2.36 bits per heavy atom. The Bertz CT molecular complexity index is 247. The molecule has 0 aromatic heterocycles.